The van der Waals surface area contributed by atoms with Gasteiger partial charge in [0.15, 0.2) is 0 Å². The van der Waals surface area contributed by atoms with Crippen molar-refractivity contribution in [2.45, 2.75) is 12.5 Å². The van der Waals surface area contributed by atoms with Crippen LogP contribution < -0.4 is 0 Å². The highest BCUT2D eigenvalue weighted by atomic mass is 19.1. The number of hydrogen-bond donors (Lipinski definition) is 1. The summed E-state index contributed by atoms with van der Waals surface area (Å²) in [5.74, 6) is -1.72. The van der Waals surface area contributed by atoms with Gasteiger partial charge >= 0.3 is 5.97 Å². The molecule has 0 heterocycles. The summed E-state index contributed by atoms with van der Waals surface area (Å²) >= 11 is 0. The Bertz CT molecular complexity index is 448. The van der Waals surface area contributed by atoms with E-state index in [-0.39, 0.29) is 0 Å². The van der Waals surface area contributed by atoms with Gasteiger partial charge in [-0.05, 0) is 6.07 Å². The second-order valence-corrected chi connectivity index (χ2v) is 3.23. The summed E-state index contributed by atoms with van der Waals surface area (Å²) in [5.41, 5.74) is -1.08. The van der Waals surface area contributed by atoms with E-state index in [2.05, 4.69) is 4.74 Å². The maximum absolute atomic E-state index is 13.4. The molecule has 0 aliphatic rings. The summed E-state index contributed by atoms with van der Waals surface area (Å²) in [6.45, 7) is 0. The molecule has 0 spiro atoms. The van der Waals surface area contributed by atoms with Gasteiger partial charge in [0.1, 0.15) is 5.82 Å². The highest BCUT2D eigenvalue weighted by Gasteiger charge is 2.26. The molecule has 1 atom stereocenters. The Labute approximate surface area is 95.8 Å². The van der Waals surface area contributed by atoms with Crippen molar-refractivity contribution in [3.8, 4) is 0 Å². The molecule has 0 saturated carbocycles. The van der Waals surface area contributed by atoms with E-state index in [1.54, 1.807) is 0 Å². The first-order valence-electron chi connectivity index (χ1n) is 4.65. The molecule has 0 fully saturated rings. The molecule has 0 aliphatic carbocycles. The first-order valence-corrected chi connectivity index (χ1v) is 4.65. The predicted octanol–water partition coefficient (Wildman–Crippen LogP) is 1.33. The number of halogens is 1. The molecule has 0 bridgehead atoms. The summed E-state index contributed by atoms with van der Waals surface area (Å²) < 4.78 is 17.7. The molecule has 0 radical (unpaired) electrons. The Kier molecular flexibility index (Phi) is 4.11. The van der Waals surface area contributed by atoms with Gasteiger partial charge in [0.2, 0.25) is 0 Å². The highest BCUT2D eigenvalue weighted by molar-refractivity contribution is 5.70. The van der Waals surface area contributed by atoms with Crippen LogP contribution in [0.5, 0.6) is 0 Å². The molecule has 0 aliphatic heterocycles. The topological polar surface area (TPSA) is 89.7 Å². The molecule has 0 aromatic heterocycles. The van der Waals surface area contributed by atoms with Crippen molar-refractivity contribution in [2.75, 3.05) is 7.11 Å². The highest BCUT2D eigenvalue weighted by Crippen LogP contribution is 2.29. The number of carbonyl (C=O) groups is 1. The van der Waals surface area contributed by atoms with Gasteiger partial charge in [-0.2, -0.15) is 0 Å². The molecule has 17 heavy (non-hydrogen) atoms. The fourth-order valence-electron chi connectivity index (χ4n) is 1.36. The number of nitrogens with zero attached hydrogens (tertiary/aromatic N) is 1. The van der Waals surface area contributed by atoms with Gasteiger partial charge in [-0.3, -0.25) is 14.9 Å². The number of nitro groups is 1. The van der Waals surface area contributed by atoms with Crippen LogP contribution >= 0.6 is 0 Å². The maximum atomic E-state index is 13.4. The number of aliphatic hydroxyl groups excluding tert-OH is 1. The Morgan fingerprint density at radius 1 is 1.65 bits per heavy atom. The first-order chi connectivity index (χ1) is 7.97. The molecule has 92 valence electrons. The molecule has 1 aromatic carbocycles. The molecule has 0 unspecified atom stereocenters. The van der Waals surface area contributed by atoms with Crippen LogP contribution in [0.4, 0.5) is 10.1 Å². The molecular formula is C10H10FNO5. The van der Waals surface area contributed by atoms with Crippen LogP contribution in [0.3, 0.4) is 0 Å². The van der Waals surface area contributed by atoms with Gasteiger partial charge in [-0.1, -0.05) is 6.07 Å². The van der Waals surface area contributed by atoms with Crippen molar-refractivity contribution in [1.29, 1.82) is 0 Å². The number of esters is 1. The van der Waals surface area contributed by atoms with Crippen LogP contribution in [0, 0.1) is 15.9 Å². The van der Waals surface area contributed by atoms with Crippen LogP contribution in [0.15, 0.2) is 18.2 Å². The van der Waals surface area contributed by atoms with E-state index in [1.807, 2.05) is 0 Å². The third kappa shape index (κ3) is 2.97. The average Bonchev–Trinajstić information content (AvgIpc) is 2.28. The maximum Gasteiger partial charge on any atom is 0.308 e. The Morgan fingerprint density at radius 2 is 2.29 bits per heavy atom. The third-order valence-electron chi connectivity index (χ3n) is 2.15. The number of nitro benzene ring substituents is 1. The number of hydrogen-bond acceptors (Lipinski definition) is 5. The lowest BCUT2D eigenvalue weighted by atomic mass is 10.0. The Hall–Kier alpha value is -2.02. The van der Waals surface area contributed by atoms with Crippen molar-refractivity contribution in [3.05, 3.63) is 39.7 Å². The Balaban J connectivity index is 3.11. The lowest BCUT2D eigenvalue weighted by Gasteiger charge is -2.10. The second-order valence-electron chi connectivity index (χ2n) is 3.23. The lowest BCUT2D eigenvalue weighted by Crippen LogP contribution is -2.11. The average molecular weight is 243 g/mol. The zero-order valence-corrected chi connectivity index (χ0v) is 8.92. The summed E-state index contributed by atoms with van der Waals surface area (Å²) in [7, 11) is 1.10. The van der Waals surface area contributed by atoms with Crippen molar-refractivity contribution >= 4 is 11.7 Å². The van der Waals surface area contributed by atoms with Gasteiger partial charge in [-0.25, -0.2) is 4.39 Å². The quantitative estimate of drug-likeness (QED) is 0.489. The van der Waals surface area contributed by atoms with Crippen molar-refractivity contribution < 1.29 is 24.0 Å². The van der Waals surface area contributed by atoms with Gasteiger partial charge in [0.05, 0.1) is 30.1 Å². The number of aliphatic hydroxyl groups is 1. The third-order valence-corrected chi connectivity index (χ3v) is 2.15. The van der Waals surface area contributed by atoms with E-state index < -0.39 is 40.5 Å². The summed E-state index contributed by atoms with van der Waals surface area (Å²) in [5, 5.41) is 20.2. The second kappa shape index (κ2) is 5.35. The van der Waals surface area contributed by atoms with E-state index in [0.29, 0.717) is 0 Å². The smallest absolute Gasteiger partial charge is 0.308 e. The van der Waals surface area contributed by atoms with E-state index >= 15 is 0 Å². The van der Waals surface area contributed by atoms with E-state index in [9.17, 15) is 24.4 Å². The van der Waals surface area contributed by atoms with E-state index in [1.165, 1.54) is 0 Å². The lowest BCUT2D eigenvalue weighted by molar-refractivity contribution is -0.386. The predicted molar refractivity (Wildman–Crippen MR) is 54.6 cm³/mol. The number of benzene rings is 1. The van der Waals surface area contributed by atoms with Gasteiger partial charge < -0.3 is 9.84 Å². The molecule has 0 saturated heterocycles. The fraction of sp³-hybridized carbons (Fsp3) is 0.300. The van der Waals surface area contributed by atoms with Crippen LogP contribution in [-0.2, 0) is 9.53 Å². The normalized spacial score (nSPS) is 11.9. The van der Waals surface area contributed by atoms with Gasteiger partial charge in [0, 0.05) is 6.07 Å². The van der Waals surface area contributed by atoms with Gasteiger partial charge in [0.25, 0.3) is 5.69 Å². The largest absolute Gasteiger partial charge is 0.469 e. The summed E-state index contributed by atoms with van der Waals surface area (Å²) in [4.78, 5) is 20.7. The molecular weight excluding hydrogens is 233 g/mol. The number of ether oxygens (including phenoxy) is 1. The van der Waals surface area contributed by atoms with Gasteiger partial charge in [-0.15, -0.1) is 0 Å². The fourth-order valence-corrected chi connectivity index (χ4v) is 1.36. The minimum absolute atomic E-state index is 0.511. The number of rotatable bonds is 4. The number of methoxy groups -OCH3 is 1. The molecule has 6 nitrogen and oxygen atoms in total. The molecule has 1 rings (SSSR count). The summed E-state index contributed by atoms with van der Waals surface area (Å²) in [6.07, 6.45) is -2.15. The minimum atomic E-state index is -1.61. The summed E-state index contributed by atoms with van der Waals surface area (Å²) in [6, 6.07) is 3.18. The van der Waals surface area contributed by atoms with Crippen LogP contribution in [-0.4, -0.2) is 23.1 Å². The van der Waals surface area contributed by atoms with E-state index in [4.69, 9.17) is 0 Å². The molecule has 0 amide bonds. The first kappa shape index (κ1) is 13.0. The standard InChI is InChI=1S/C10H10FNO5/c1-17-9(14)5-8(13)10-6(11)3-2-4-7(10)12(15)16/h2-4,8,13H,5H2,1H3/t8-/m0/s1. The monoisotopic (exact) mass is 243 g/mol. The zero-order chi connectivity index (χ0) is 13.0. The molecule has 7 heteroatoms. The van der Waals surface area contributed by atoms with E-state index in [0.717, 1.165) is 25.3 Å². The minimum Gasteiger partial charge on any atom is -0.469 e. The zero-order valence-electron chi connectivity index (χ0n) is 8.92. The van der Waals surface area contributed by atoms with Crippen LogP contribution in [0.25, 0.3) is 0 Å². The molecule has 1 N–H and O–H groups in total. The van der Waals surface area contributed by atoms with Crippen LogP contribution in [0.1, 0.15) is 18.1 Å². The van der Waals surface area contributed by atoms with Crippen molar-refractivity contribution in [2.24, 2.45) is 0 Å². The number of carbonyl (C=O) groups excluding carboxylic acids is 1. The molecule has 1 aromatic rings. The Morgan fingerprint density at radius 3 is 2.82 bits per heavy atom. The van der Waals surface area contributed by atoms with Crippen LogP contribution in [0.2, 0.25) is 0 Å². The SMILES string of the molecule is COC(=O)C[C@H](O)c1c(F)cccc1[N+](=O)[O-]. The van der Waals surface area contributed by atoms with Crippen molar-refractivity contribution in [3.63, 3.8) is 0 Å². The van der Waals surface area contributed by atoms with Crippen molar-refractivity contribution in [1.82, 2.24) is 0 Å².